The van der Waals surface area contributed by atoms with Crippen molar-refractivity contribution in [2.45, 2.75) is 19.3 Å². The minimum atomic E-state index is -5.54. The summed E-state index contributed by atoms with van der Waals surface area (Å²) in [4.78, 5) is 11.3. The van der Waals surface area contributed by atoms with Gasteiger partial charge in [0.25, 0.3) is 1.43 Å². The summed E-state index contributed by atoms with van der Waals surface area (Å²) in [5, 5.41) is 3.33. The zero-order valence-corrected chi connectivity index (χ0v) is 8.29. The van der Waals surface area contributed by atoms with Gasteiger partial charge in [0.05, 0.1) is 19.4 Å². The van der Waals surface area contributed by atoms with E-state index in [1.165, 1.54) is 0 Å². The average Bonchev–Trinajstić information content (AvgIpc) is 2.33. The second-order valence-electron chi connectivity index (χ2n) is 3.14. The molecule has 2 nitrogen and oxygen atoms in total. The van der Waals surface area contributed by atoms with Crippen LogP contribution in [0.3, 0.4) is 0 Å². The van der Waals surface area contributed by atoms with E-state index >= 15 is 0 Å². The van der Waals surface area contributed by atoms with Gasteiger partial charge in [-0.15, -0.1) is 0 Å². The van der Waals surface area contributed by atoms with Crippen LogP contribution in [0.2, 0.25) is 0 Å². The lowest BCUT2D eigenvalue weighted by Gasteiger charge is -2.16. The van der Waals surface area contributed by atoms with Gasteiger partial charge < -0.3 is 5.11 Å². The third kappa shape index (κ3) is 2.74. The van der Waals surface area contributed by atoms with Crippen LogP contribution < -0.4 is 0 Å². The first-order chi connectivity index (χ1) is 9.87. The van der Waals surface area contributed by atoms with Crippen molar-refractivity contribution >= 4 is 5.97 Å². The predicted molar refractivity (Wildman–Crippen MR) is 48.1 cm³/mol. The Morgan fingerprint density at radius 1 is 1.28 bits per heavy atom. The van der Waals surface area contributed by atoms with Crippen molar-refractivity contribution in [1.82, 2.24) is 0 Å². The topological polar surface area (TPSA) is 37.3 Å². The van der Waals surface area contributed by atoms with Crippen molar-refractivity contribution in [3.63, 3.8) is 0 Å². The lowest BCUT2D eigenvalue weighted by atomic mass is 9.97. The van der Waals surface area contributed by atoms with E-state index in [1.54, 1.807) is 0 Å². The van der Waals surface area contributed by atoms with E-state index in [0.29, 0.717) is 0 Å². The summed E-state index contributed by atoms with van der Waals surface area (Å²) in [6.07, 6.45) is -11.0. The molecule has 1 rings (SSSR count). The minimum absolute atomic E-state index is 1.21. The highest BCUT2D eigenvalue weighted by Crippen LogP contribution is 2.38. The predicted octanol–water partition coefficient (Wildman–Crippen LogP) is 3.73. The van der Waals surface area contributed by atoms with Gasteiger partial charge in [-0.2, -0.15) is 26.3 Å². The molecule has 0 saturated carbocycles. The van der Waals surface area contributed by atoms with Crippen LogP contribution in [0.4, 0.5) is 26.3 Å². The fourth-order valence-electron chi connectivity index (χ4n) is 1.16. The van der Waals surface area contributed by atoms with Crippen molar-refractivity contribution < 1.29 is 40.4 Å². The summed E-state index contributed by atoms with van der Waals surface area (Å²) in [6, 6.07) is -3.72. The molecule has 0 amide bonds. The van der Waals surface area contributed by atoms with E-state index in [9.17, 15) is 31.1 Å². The Labute approximate surface area is 103 Å². The van der Waals surface area contributed by atoms with Gasteiger partial charge in [0.2, 0.25) is 0 Å². The van der Waals surface area contributed by atoms with Crippen molar-refractivity contribution in [2.24, 2.45) is 0 Å². The molecule has 0 unspecified atom stereocenters. The lowest BCUT2D eigenvalue weighted by molar-refractivity contribution is -0.143. The van der Waals surface area contributed by atoms with E-state index in [-0.39, 0.29) is 0 Å². The fourth-order valence-corrected chi connectivity index (χ4v) is 1.16. The van der Waals surface area contributed by atoms with Crippen LogP contribution in [0.25, 0.3) is 1.43 Å². The van der Waals surface area contributed by atoms with Crippen molar-refractivity contribution in [3.05, 3.63) is 34.3 Å². The highest BCUT2D eigenvalue weighted by atomic mass is 19.4. The number of hydrogen-bond acceptors (Lipinski definition) is 2. The molecule has 1 N–H and O–H groups in total. The first-order valence-electron chi connectivity index (χ1n) is 6.26. The zero-order valence-electron chi connectivity index (χ0n) is 12.3. The number of carboxylic acid groups (broad SMARTS) is 1. The maximum atomic E-state index is 12.9. The van der Waals surface area contributed by atoms with Crippen LogP contribution >= 0.6 is 0 Å². The molecule has 0 spiro atoms. The van der Waals surface area contributed by atoms with Crippen LogP contribution in [-0.4, -0.2) is 11.1 Å². The Kier molecular flexibility index (Phi) is 2.14. The normalized spacial score (nSPS) is 15.4. The van der Waals surface area contributed by atoms with Gasteiger partial charge in [-0.3, -0.25) is 0 Å². The summed E-state index contributed by atoms with van der Waals surface area (Å²) < 4.78 is 105. The monoisotopic (exact) mass is 276 g/mol. The molecule has 0 bridgehead atoms. The lowest BCUT2D eigenvalue weighted by Crippen LogP contribution is -2.17. The first-order valence-corrected chi connectivity index (χ1v) is 4.15. The molecule has 1 aromatic carbocycles. The minimum Gasteiger partial charge on any atom is -0.478 e. The standard InChI is InChI=1S/C10H6F6O2/c1-4-2-5(9(11,12)13)3-6(10(14,15)16)7(4)8(17)18/h2-3H,1H3,(H,17,18)/i1D,2D,3D/hD. The van der Waals surface area contributed by atoms with Gasteiger partial charge in [0.15, 0.2) is 0 Å². The molecule has 0 atom stereocenters. The van der Waals surface area contributed by atoms with Crippen LogP contribution in [-0.2, 0) is 12.4 Å². The molecule has 100 valence electrons. The van der Waals surface area contributed by atoms with Gasteiger partial charge in [-0.25, -0.2) is 4.79 Å². The van der Waals surface area contributed by atoms with E-state index < -0.39 is 59.6 Å². The second-order valence-corrected chi connectivity index (χ2v) is 3.14. The number of aromatic carboxylic acids is 1. The third-order valence-corrected chi connectivity index (χ3v) is 1.85. The molecule has 1 aromatic rings. The molecule has 0 aliphatic heterocycles. The Morgan fingerprint density at radius 3 is 2.28 bits per heavy atom. The Balaban J connectivity index is 4.06. The van der Waals surface area contributed by atoms with Crippen LogP contribution in [0.1, 0.15) is 31.2 Å². The highest BCUT2D eigenvalue weighted by molar-refractivity contribution is 5.91. The largest absolute Gasteiger partial charge is 0.478 e. The molecule has 0 saturated heterocycles. The van der Waals surface area contributed by atoms with Gasteiger partial charge in [0.1, 0.15) is 0 Å². The molecule has 18 heavy (non-hydrogen) atoms. The van der Waals surface area contributed by atoms with Crippen LogP contribution in [0.5, 0.6) is 0 Å². The Bertz CT molecular complexity index is 611. The maximum absolute atomic E-state index is 12.9. The van der Waals surface area contributed by atoms with Gasteiger partial charge in [0, 0.05) is 1.37 Å². The summed E-state index contributed by atoms with van der Waals surface area (Å²) >= 11 is 0. The molecule has 8 heteroatoms. The number of alkyl halides is 6. The van der Waals surface area contributed by atoms with E-state index in [0.717, 1.165) is 0 Å². The number of rotatable bonds is 1. The molecular formula is C10H6F6O2. The molecule has 0 fully saturated rings. The van der Waals surface area contributed by atoms with E-state index in [1.807, 2.05) is 0 Å². The molecule has 0 aliphatic carbocycles. The van der Waals surface area contributed by atoms with Gasteiger partial charge in [-0.1, -0.05) is 0 Å². The van der Waals surface area contributed by atoms with E-state index in [2.05, 4.69) is 5.11 Å². The van der Waals surface area contributed by atoms with Crippen molar-refractivity contribution in [1.29, 1.82) is 1.43 Å². The first kappa shape index (κ1) is 9.23. The van der Waals surface area contributed by atoms with Crippen LogP contribution in [0.15, 0.2) is 12.1 Å². The average molecular weight is 276 g/mol. The number of hydrogen-bond donors (Lipinski definition) is 1. The molecule has 0 heterocycles. The summed E-state index contributed by atoms with van der Waals surface area (Å²) in [6.45, 7) is -1.27. The summed E-state index contributed by atoms with van der Waals surface area (Å²) in [7, 11) is 0. The number of carboxylic acids is 1. The van der Waals surface area contributed by atoms with Gasteiger partial charge >= 0.3 is 18.3 Å². The van der Waals surface area contributed by atoms with Crippen LogP contribution in [0, 0.1) is 6.90 Å². The molecule has 0 radical (unpaired) electrons. The van der Waals surface area contributed by atoms with Crippen molar-refractivity contribution in [2.75, 3.05) is 0 Å². The quantitative estimate of drug-likeness (QED) is 0.793. The SMILES string of the molecule is [2H]Cc1c([2H])c(C(F)(F)F)c([2H])c(C(F)(F)F)c1C(=O)O[2H]. The Hall–Kier alpha value is -1.73. The maximum Gasteiger partial charge on any atom is 0.417 e. The smallest absolute Gasteiger partial charge is 0.417 e. The number of carbonyl (C=O) groups is 1. The Morgan fingerprint density at radius 2 is 1.89 bits per heavy atom. The van der Waals surface area contributed by atoms with Crippen molar-refractivity contribution in [3.8, 4) is 0 Å². The van der Waals surface area contributed by atoms with Gasteiger partial charge in [-0.05, 0) is 24.5 Å². The highest BCUT2D eigenvalue weighted by Gasteiger charge is 2.40. The third-order valence-electron chi connectivity index (χ3n) is 1.85. The zero-order chi connectivity index (χ0) is 17.5. The molecule has 0 aliphatic rings. The molecule has 0 aromatic heterocycles. The number of benzene rings is 1. The second kappa shape index (κ2) is 4.18. The van der Waals surface area contributed by atoms with E-state index in [4.69, 9.17) is 5.54 Å². The summed E-state index contributed by atoms with van der Waals surface area (Å²) in [5.74, 6) is -2.00. The number of halogens is 6. The molecular weight excluding hydrogens is 266 g/mol. The summed E-state index contributed by atoms with van der Waals surface area (Å²) in [5.41, 5.74) is -7.30. The fraction of sp³-hybridized carbons (Fsp3) is 0.300.